The Morgan fingerprint density at radius 2 is 1.85 bits per heavy atom. The van der Waals surface area contributed by atoms with Crippen LogP contribution in [-0.4, -0.2) is 36.1 Å². The molecule has 1 aliphatic rings. The average Bonchev–Trinajstić information content (AvgIpc) is 2.66. The highest BCUT2D eigenvalue weighted by Crippen LogP contribution is 2.31. The zero-order valence-corrected chi connectivity index (χ0v) is 13.4. The van der Waals surface area contributed by atoms with Crippen molar-refractivity contribution in [1.82, 2.24) is 0 Å². The number of nitrogens with zero attached hydrogens (tertiary/aromatic N) is 1. The van der Waals surface area contributed by atoms with Gasteiger partial charge in [0.05, 0.1) is 4.92 Å². The molecule has 0 aromatic heterocycles. The van der Waals surface area contributed by atoms with E-state index in [1.807, 2.05) is 0 Å². The van der Waals surface area contributed by atoms with Crippen molar-refractivity contribution in [3.05, 3.63) is 58.6 Å². The predicted molar refractivity (Wildman–Crippen MR) is 89.0 cm³/mol. The molecule has 2 aromatic rings. The summed E-state index contributed by atoms with van der Waals surface area (Å²) in [6, 6.07) is 12.5. The Morgan fingerprint density at radius 3 is 2.62 bits per heavy atom. The molecule has 0 radical (unpaired) electrons. The van der Waals surface area contributed by atoms with Gasteiger partial charge in [-0.1, -0.05) is 24.3 Å². The van der Waals surface area contributed by atoms with E-state index in [-0.39, 0.29) is 18.0 Å². The maximum atomic E-state index is 12.0. The highest BCUT2D eigenvalue weighted by atomic mass is 16.6. The van der Waals surface area contributed by atoms with Crippen LogP contribution in [0.25, 0.3) is 0 Å². The lowest BCUT2D eigenvalue weighted by Gasteiger charge is -2.24. The number of benzene rings is 2. The van der Waals surface area contributed by atoms with E-state index in [9.17, 15) is 19.7 Å². The molecule has 0 aliphatic carbocycles. The summed E-state index contributed by atoms with van der Waals surface area (Å²) >= 11 is 0. The molecule has 1 atom stereocenters. The summed E-state index contributed by atoms with van der Waals surface area (Å²) in [5.41, 5.74) is -0.238. The van der Waals surface area contributed by atoms with E-state index in [0.29, 0.717) is 11.5 Å². The van der Waals surface area contributed by atoms with Crippen molar-refractivity contribution < 1.29 is 28.7 Å². The van der Waals surface area contributed by atoms with Crippen LogP contribution in [0.15, 0.2) is 48.5 Å². The van der Waals surface area contributed by atoms with Crippen LogP contribution in [0.3, 0.4) is 0 Å². The average molecular weight is 358 g/mol. The van der Waals surface area contributed by atoms with Crippen molar-refractivity contribution >= 4 is 23.3 Å². The highest BCUT2D eigenvalue weighted by molar-refractivity contribution is 5.95. The van der Waals surface area contributed by atoms with Gasteiger partial charge in [-0.3, -0.25) is 14.9 Å². The molecule has 26 heavy (non-hydrogen) atoms. The molecule has 0 bridgehead atoms. The molecule has 3 rings (SSSR count). The number of rotatable bonds is 5. The molecule has 0 spiro atoms. The van der Waals surface area contributed by atoms with E-state index < -0.39 is 29.5 Å². The van der Waals surface area contributed by atoms with Crippen molar-refractivity contribution in [2.75, 3.05) is 18.5 Å². The first-order valence-electron chi connectivity index (χ1n) is 7.63. The van der Waals surface area contributed by atoms with Crippen molar-refractivity contribution in [2.45, 2.75) is 6.10 Å². The Morgan fingerprint density at radius 1 is 1.15 bits per heavy atom. The number of para-hydroxylation sites is 4. The van der Waals surface area contributed by atoms with Crippen LogP contribution in [0.1, 0.15) is 0 Å². The first-order valence-corrected chi connectivity index (χ1v) is 7.63. The van der Waals surface area contributed by atoms with Gasteiger partial charge in [-0.25, -0.2) is 4.79 Å². The molecular formula is C17H14N2O7. The van der Waals surface area contributed by atoms with Crippen molar-refractivity contribution in [3.8, 4) is 11.5 Å². The van der Waals surface area contributed by atoms with E-state index in [1.54, 1.807) is 30.3 Å². The second kappa shape index (κ2) is 7.51. The van der Waals surface area contributed by atoms with Gasteiger partial charge in [0.15, 0.2) is 18.1 Å². The number of nitro benzene ring substituents is 1. The van der Waals surface area contributed by atoms with Gasteiger partial charge in [-0.05, 0) is 18.2 Å². The third-order valence-electron chi connectivity index (χ3n) is 3.49. The molecule has 0 unspecified atom stereocenters. The Labute approximate surface area is 147 Å². The third-order valence-corrected chi connectivity index (χ3v) is 3.49. The second-order valence-electron chi connectivity index (χ2n) is 5.29. The zero-order chi connectivity index (χ0) is 18.5. The lowest BCUT2D eigenvalue weighted by Crippen LogP contribution is -2.39. The molecule has 1 N–H and O–H groups in total. The molecule has 0 saturated heterocycles. The Hall–Kier alpha value is -3.62. The van der Waals surface area contributed by atoms with Gasteiger partial charge in [-0.2, -0.15) is 0 Å². The first-order chi connectivity index (χ1) is 12.5. The Bertz CT molecular complexity index is 853. The van der Waals surface area contributed by atoms with Gasteiger partial charge in [0.1, 0.15) is 12.3 Å². The quantitative estimate of drug-likeness (QED) is 0.493. The van der Waals surface area contributed by atoms with E-state index in [4.69, 9.17) is 14.2 Å². The number of nitro groups is 1. The van der Waals surface area contributed by atoms with Crippen molar-refractivity contribution in [3.63, 3.8) is 0 Å². The molecule has 0 saturated carbocycles. The minimum atomic E-state index is -0.997. The van der Waals surface area contributed by atoms with Gasteiger partial charge in [0.25, 0.3) is 11.6 Å². The minimum Gasteiger partial charge on any atom is -0.485 e. The third kappa shape index (κ3) is 3.89. The number of amides is 1. The number of anilines is 1. The number of nitrogens with one attached hydrogen (secondary N) is 1. The number of carbonyl (C=O) groups excluding carboxylic acids is 2. The van der Waals surface area contributed by atoms with E-state index >= 15 is 0 Å². The molecule has 0 fully saturated rings. The maximum Gasteiger partial charge on any atom is 0.351 e. The van der Waals surface area contributed by atoms with Gasteiger partial charge < -0.3 is 19.5 Å². The molecule has 1 heterocycles. The van der Waals surface area contributed by atoms with Gasteiger partial charge in [0, 0.05) is 6.07 Å². The summed E-state index contributed by atoms with van der Waals surface area (Å²) in [6.45, 7) is -0.645. The fourth-order valence-corrected chi connectivity index (χ4v) is 2.29. The largest absolute Gasteiger partial charge is 0.485 e. The molecule has 2 aromatic carbocycles. The topological polar surface area (TPSA) is 117 Å². The monoisotopic (exact) mass is 358 g/mol. The van der Waals surface area contributed by atoms with Crippen molar-refractivity contribution in [2.24, 2.45) is 0 Å². The molecule has 9 nitrogen and oxygen atoms in total. The fourth-order valence-electron chi connectivity index (χ4n) is 2.29. The predicted octanol–water partition coefficient (Wildman–Crippen LogP) is 1.92. The number of hydrogen-bond donors (Lipinski definition) is 1. The van der Waals surface area contributed by atoms with Crippen LogP contribution < -0.4 is 14.8 Å². The lowest BCUT2D eigenvalue weighted by molar-refractivity contribution is -0.383. The molecule has 9 heteroatoms. The second-order valence-corrected chi connectivity index (χ2v) is 5.29. The molecular weight excluding hydrogens is 344 g/mol. The number of hydrogen-bond acceptors (Lipinski definition) is 7. The van der Waals surface area contributed by atoms with Crippen molar-refractivity contribution in [1.29, 1.82) is 0 Å². The fraction of sp³-hybridized carbons (Fsp3) is 0.176. The molecule has 1 aliphatic heterocycles. The summed E-state index contributed by atoms with van der Waals surface area (Å²) in [7, 11) is 0. The summed E-state index contributed by atoms with van der Waals surface area (Å²) in [5.74, 6) is -0.544. The minimum absolute atomic E-state index is 0.0183. The Balaban J connectivity index is 1.54. The van der Waals surface area contributed by atoms with Crippen LogP contribution in [0, 0.1) is 10.1 Å². The highest BCUT2D eigenvalue weighted by Gasteiger charge is 2.29. The standard InChI is InChI=1S/C17H14N2O7/c20-16(18-11-5-1-2-6-12(11)19(22)23)10-25-17(21)15-9-24-13-7-3-4-8-14(13)26-15/h1-8,15H,9-10H2,(H,18,20)/t15-/m1/s1. The van der Waals surface area contributed by atoms with E-state index in [1.165, 1.54) is 18.2 Å². The normalized spacial score (nSPS) is 15.0. The summed E-state index contributed by atoms with van der Waals surface area (Å²) in [6.07, 6.45) is -0.997. The Kier molecular flexibility index (Phi) is 4.97. The lowest BCUT2D eigenvalue weighted by atomic mass is 10.2. The molecule has 1 amide bonds. The number of carbonyl (C=O) groups is 2. The zero-order valence-electron chi connectivity index (χ0n) is 13.4. The summed E-state index contributed by atoms with van der Waals surface area (Å²) in [4.78, 5) is 34.2. The summed E-state index contributed by atoms with van der Waals surface area (Å²) < 4.78 is 15.8. The van der Waals surface area contributed by atoms with Crippen LogP contribution in [0.4, 0.5) is 11.4 Å². The number of esters is 1. The van der Waals surface area contributed by atoms with E-state index in [2.05, 4.69) is 5.32 Å². The van der Waals surface area contributed by atoms with Gasteiger partial charge >= 0.3 is 5.97 Å². The van der Waals surface area contributed by atoms with Gasteiger partial charge in [-0.15, -0.1) is 0 Å². The van der Waals surface area contributed by atoms with Gasteiger partial charge in [0.2, 0.25) is 6.10 Å². The van der Waals surface area contributed by atoms with Crippen LogP contribution in [-0.2, 0) is 14.3 Å². The smallest absolute Gasteiger partial charge is 0.351 e. The van der Waals surface area contributed by atoms with Crippen LogP contribution >= 0.6 is 0 Å². The molecule has 134 valence electrons. The summed E-state index contributed by atoms with van der Waals surface area (Å²) in [5, 5.41) is 13.3. The number of fused-ring (bicyclic) bond motifs is 1. The van der Waals surface area contributed by atoms with E-state index in [0.717, 1.165) is 0 Å². The SMILES string of the molecule is O=C(COC(=O)[C@H]1COc2ccccc2O1)Nc1ccccc1[N+](=O)[O-]. The van der Waals surface area contributed by atoms with Crippen LogP contribution in [0.5, 0.6) is 11.5 Å². The van der Waals surface area contributed by atoms with Crippen LogP contribution in [0.2, 0.25) is 0 Å². The maximum absolute atomic E-state index is 12.0. The number of ether oxygens (including phenoxy) is 3. The first kappa shape index (κ1) is 17.2.